The monoisotopic (exact) mass is 382 g/mol. The first-order valence-electron chi connectivity index (χ1n) is 7.83. The fraction of sp³-hybridized carbons (Fsp3) is 0.294. The van der Waals surface area contributed by atoms with Crippen molar-refractivity contribution in [2.24, 2.45) is 0 Å². The Labute approximate surface area is 150 Å². The van der Waals surface area contributed by atoms with E-state index in [0.717, 1.165) is 22.9 Å². The number of rotatable bonds is 3. The Bertz CT molecular complexity index is 968. The van der Waals surface area contributed by atoms with Crippen molar-refractivity contribution in [1.29, 1.82) is 0 Å². The van der Waals surface area contributed by atoms with E-state index in [4.69, 9.17) is 4.74 Å². The molecule has 1 atom stereocenters. The number of aromatic nitrogens is 2. The van der Waals surface area contributed by atoms with Crippen LogP contribution in [0.25, 0.3) is 5.69 Å². The van der Waals surface area contributed by atoms with Crippen LogP contribution in [0.3, 0.4) is 0 Å². The molecule has 0 N–H and O–H groups in total. The van der Waals surface area contributed by atoms with Crippen LogP contribution in [0, 0.1) is 6.92 Å². The minimum atomic E-state index is -4.56. The van der Waals surface area contributed by atoms with Gasteiger partial charge >= 0.3 is 18.1 Å². The van der Waals surface area contributed by atoms with Crippen molar-refractivity contribution in [2.45, 2.75) is 25.6 Å². The van der Waals surface area contributed by atoms with Crippen molar-refractivity contribution in [3.8, 4) is 5.69 Å². The quantitative estimate of drug-likeness (QED) is 0.755. The molecule has 2 aromatic rings. The van der Waals surface area contributed by atoms with Crippen molar-refractivity contribution in [3.63, 3.8) is 0 Å². The normalized spacial score (nSPS) is 16.9. The molecule has 1 aliphatic heterocycles. The highest BCUT2D eigenvalue weighted by atomic mass is 19.4. The molecule has 0 bridgehead atoms. The third kappa shape index (κ3) is 3.83. The predicted octanol–water partition coefficient (Wildman–Crippen LogP) is 2.03. The Hall–Kier alpha value is -3.17. The number of hydrogen-bond acceptors (Lipinski definition) is 6. The van der Waals surface area contributed by atoms with Gasteiger partial charge in [-0.25, -0.2) is 14.3 Å². The standard InChI is InChI=1S/C17H13F3N2O5/c1-9-7-12(23)14(16(25)27-13-5-6-26-15(13)24)21-22(9)11-4-2-3-10(8-11)17(18,19)20/h2-4,7-8,13H,5-6H2,1H3/t13-/m0/s1. The second-order valence-electron chi connectivity index (χ2n) is 5.81. The molecule has 0 unspecified atom stereocenters. The molecule has 0 spiro atoms. The molecule has 2 heterocycles. The molecule has 1 aromatic heterocycles. The maximum absolute atomic E-state index is 12.9. The summed E-state index contributed by atoms with van der Waals surface area (Å²) in [7, 11) is 0. The lowest BCUT2D eigenvalue weighted by atomic mass is 10.2. The highest BCUT2D eigenvalue weighted by Crippen LogP contribution is 2.30. The molecule has 1 aliphatic rings. The first kappa shape index (κ1) is 18.6. The molecule has 0 aliphatic carbocycles. The zero-order valence-corrected chi connectivity index (χ0v) is 13.9. The topological polar surface area (TPSA) is 87.5 Å². The Morgan fingerprint density at radius 3 is 2.67 bits per heavy atom. The fourth-order valence-electron chi connectivity index (χ4n) is 2.53. The van der Waals surface area contributed by atoms with Crippen LogP contribution < -0.4 is 5.43 Å². The number of esters is 2. The van der Waals surface area contributed by atoms with Crippen LogP contribution in [-0.4, -0.2) is 34.4 Å². The number of aryl methyl sites for hydroxylation is 1. The van der Waals surface area contributed by atoms with Gasteiger partial charge in [0.05, 0.1) is 17.9 Å². The Morgan fingerprint density at radius 1 is 1.30 bits per heavy atom. The number of cyclic esters (lactones) is 1. The van der Waals surface area contributed by atoms with Crippen molar-refractivity contribution < 1.29 is 32.2 Å². The summed E-state index contributed by atoms with van der Waals surface area (Å²) in [5.74, 6) is -1.88. The maximum atomic E-state index is 12.9. The van der Waals surface area contributed by atoms with Gasteiger partial charge in [-0.2, -0.15) is 18.3 Å². The van der Waals surface area contributed by atoms with E-state index in [1.807, 2.05) is 0 Å². The number of carbonyl (C=O) groups is 2. The minimum Gasteiger partial charge on any atom is -0.463 e. The lowest BCUT2D eigenvalue weighted by Crippen LogP contribution is -2.29. The summed E-state index contributed by atoms with van der Waals surface area (Å²) in [5.41, 5.74) is -2.09. The van der Waals surface area contributed by atoms with E-state index < -0.39 is 40.9 Å². The van der Waals surface area contributed by atoms with Gasteiger partial charge in [0.1, 0.15) is 0 Å². The summed E-state index contributed by atoms with van der Waals surface area (Å²) in [6.07, 6.45) is -5.55. The molecular weight excluding hydrogens is 369 g/mol. The van der Waals surface area contributed by atoms with Crippen LogP contribution in [-0.2, 0) is 20.4 Å². The van der Waals surface area contributed by atoms with Gasteiger partial charge in [-0.1, -0.05) is 6.07 Å². The molecule has 1 saturated heterocycles. The number of benzene rings is 1. The molecule has 7 nitrogen and oxygen atoms in total. The minimum absolute atomic E-state index is 0.0108. The van der Waals surface area contributed by atoms with Crippen LogP contribution in [0.5, 0.6) is 0 Å². The van der Waals surface area contributed by atoms with E-state index in [1.54, 1.807) is 0 Å². The summed E-state index contributed by atoms with van der Waals surface area (Å²) in [5, 5.41) is 3.84. The maximum Gasteiger partial charge on any atom is 0.416 e. The van der Waals surface area contributed by atoms with E-state index in [9.17, 15) is 27.6 Å². The largest absolute Gasteiger partial charge is 0.463 e. The van der Waals surface area contributed by atoms with Crippen LogP contribution in [0.2, 0.25) is 0 Å². The Morgan fingerprint density at radius 2 is 2.04 bits per heavy atom. The van der Waals surface area contributed by atoms with Gasteiger partial charge in [0.15, 0.2) is 0 Å². The highest BCUT2D eigenvalue weighted by molar-refractivity contribution is 5.89. The van der Waals surface area contributed by atoms with Gasteiger partial charge < -0.3 is 9.47 Å². The fourth-order valence-corrected chi connectivity index (χ4v) is 2.53. The molecule has 1 aromatic carbocycles. The van der Waals surface area contributed by atoms with Gasteiger partial charge in [0.2, 0.25) is 17.2 Å². The van der Waals surface area contributed by atoms with E-state index in [0.29, 0.717) is 0 Å². The summed E-state index contributed by atoms with van der Waals surface area (Å²) >= 11 is 0. The summed E-state index contributed by atoms with van der Waals surface area (Å²) in [6, 6.07) is 5.32. The first-order chi connectivity index (χ1) is 12.7. The molecular formula is C17H13F3N2O5. The number of hydrogen-bond donors (Lipinski definition) is 0. The Balaban J connectivity index is 1.98. The average Bonchev–Trinajstić information content (AvgIpc) is 2.99. The third-order valence-electron chi connectivity index (χ3n) is 3.86. The van der Waals surface area contributed by atoms with E-state index >= 15 is 0 Å². The van der Waals surface area contributed by atoms with Gasteiger partial charge in [-0.3, -0.25) is 4.79 Å². The average molecular weight is 382 g/mol. The molecule has 27 heavy (non-hydrogen) atoms. The van der Waals surface area contributed by atoms with E-state index in [-0.39, 0.29) is 24.4 Å². The van der Waals surface area contributed by atoms with Crippen molar-refractivity contribution in [2.75, 3.05) is 6.61 Å². The molecule has 0 saturated carbocycles. The second-order valence-corrected chi connectivity index (χ2v) is 5.81. The molecule has 10 heteroatoms. The Kier molecular flexibility index (Phi) is 4.73. The van der Waals surface area contributed by atoms with Crippen molar-refractivity contribution in [1.82, 2.24) is 9.78 Å². The van der Waals surface area contributed by atoms with Crippen molar-refractivity contribution >= 4 is 11.9 Å². The van der Waals surface area contributed by atoms with E-state index in [1.165, 1.54) is 19.1 Å². The SMILES string of the molecule is Cc1cc(=O)c(C(=O)O[C@H]2CCOC2=O)nn1-c1cccc(C(F)(F)F)c1. The third-order valence-corrected chi connectivity index (χ3v) is 3.86. The molecule has 1 fully saturated rings. The van der Waals surface area contributed by atoms with Gasteiger partial charge in [0, 0.05) is 18.2 Å². The summed E-state index contributed by atoms with van der Waals surface area (Å²) in [6.45, 7) is 1.55. The molecule has 0 radical (unpaired) electrons. The lowest BCUT2D eigenvalue weighted by Gasteiger charge is -2.14. The van der Waals surface area contributed by atoms with Gasteiger partial charge in [0.25, 0.3) is 0 Å². The second kappa shape index (κ2) is 6.86. The highest BCUT2D eigenvalue weighted by Gasteiger charge is 2.32. The van der Waals surface area contributed by atoms with Gasteiger partial charge in [-0.05, 0) is 25.1 Å². The summed E-state index contributed by atoms with van der Waals surface area (Å²) < 4.78 is 49.4. The smallest absolute Gasteiger partial charge is 0.416 e. The van der Waals surface area contributed by atoms with Crippen LogP contribution in [0.1, 0.15) is 28.2 Å². The van der Waals surface area contributed by atoms with E-state index in [2.05, 4.69) is 9.84 Å². The van der Waals surface area contributed by atoms with Gasteiger partial charge in [-0.15, -0.1) is 0 Å². The predicted molar refractivity (Wildman–Crippen MR) is 84.4 cm³/mol. The molecule has 142 valence electrons. The number of alkyl halides is 3. The number of carbonyl (C=O) groups excluding carboxylic acids is 2. The number of ether oxygens (including phenoxy) is 2. The first-order valence-corrected chi connectivity index (χ1v) is 7.83. The lowest BCUT2D eigenvalue weighted by molar-refractivity contribution is -0.145. The van der Waals surface area contributed by atoms with Crippen LogP contribution in [0.15, 0.2) is 35.1 Å². The molecule has 0 amide bonds. The summed E-state index contributed by atoms with van der Waals surface area (Å²) in [4.78, 5) is 35.7. The molecule has 3 rings (SSSR count). The van der Waals surface area contributed by atoms with Crippen molar-refractivity contribution in [3.05, 3.63) is 57.5 Å². The number of halogens is 3. The number of nitrogens with zero attached hydrogens (tertiary/aromatic N) is 2. The van der Waals surface area contributed by atoms with Crippen LogP contribution in [0.4, 0.5) is 13.2 Å². The van der Waals surface area contributed by atoms with Crippen LogP contribution >= 0.6 is 0 Å². The zero-order chi connectivity index (χ0) is 19.8. The zero-order valence-electron chi connectivity index (χ0n) is 13.9.